The number of methoxy groups -OCH3 is 1. The van der Waals surface area contributed by atoms with Crippen LogP contribution in [0.2, 0.25) is 0 Å². The maximum Gasteiger partial charge on any atom is 0.307 e. The molecule has 0 unspecified atom stereocenters. The van der Waals surface area contributed by atoms with E-state index < -0.39 is 17.8 Å². The summed E-state index contributed by atoms with van der Waals surface area (Å²) >= 11 is 0. The van der Waals surface area contributed by atoms with Crippen LogP contribution in [0.25, 0.3) is 0 Å². The lowest BCUT2D eigenvalue weighted by Gasteiger charge is -2.15. The van der Waals surface area contributed by atoms with Crippen molar-refractivity contribution in [3.05, 3.63) is 29.6 Å². The van der Waals surface area contributed by atoms with Crippen LogP contribution < -0.4 is 10.5 Å². The molecule has 0 fully saturated rings. The highest BCUT2D eigenvalue weighted by Gasteiger charge is 2.17. The topological polar surface area (TPSA) is 61.5 Å². The minimum Gasteiger partial charge on any atom is -0.496 e. The van der Waals surface area contributed by atoms with Crippen molar-refractivity contribution in [2.24, 2.45) is 5.73 Å². The molecule has 6 heteroatoms. The third-order valence-electron chi connectivity index (χ3n) is 2.28. The van der Waals surface area contributed by atoms with Gasteiger partial charge < -0.3 is 15.2 Å². The van der Waals surface area contributed by atoms with Gasteiger partial charge in [0.05, 0.1) is 20.1 Å². The SMILES string of the molecule is CCOC(=O)C[C@@H](N)c1cc(F)ccc1OC.Cl. The number of carbonyl (C=O) groups is 1. The molecule has 0 aliphatic rings. The molecule has 4 nitrogen and oxygen atoms in total. The van der Waals surface area contributed by atoms with Crippen LogP contribution in [0.15, 0.2) is 18.2 Å². The second-order valence-electron chi connectivity index (χ2n) is 3.50. The van der Waals surface area contributed by atoms with Crippen molar-refractivity contribution in [1.29, 1.82) is 0 Å². The first-order chi connectivity index (χ1) is 8.08. The summed E-state index contributed by atoms with van der Waals surface area (Å²) in [5.41, 5.74) is 6.28. The first-order valence-electron chi connectivity index (χ1n) is 5.33. The van der Waals surface area contributed by atoms with Crippen molar-refractivity contribution in [1.82, 2.24) is 0 Å². The molecule has 0 saturated carbocycles. The fourth-order valence-corrected chi connectivity index (χ4v) is 1.50. The van der Waals surface area contributed by atoms with Crippen molar-refractivity contribution in [2.45, 2.75) is 19.4 Å². The molecule has 0 heterocycles. The number of benzene rings is 1. The zero-order valence-corrected chi connectivity index (χ0v) is 11.1. The van der Waals surface area contributed by atoms with Crippen LogP contribution in [0, 0.1) is 5.82 Å². The first-order valence-corrected chi connectivity index (χ1v) is 5.33. The van der Waals surface area contributed by atoms with Gasteiger partial charge in [-0.1, -0.05) is 0 Å². The van der Waals surface area contributed by atoms with Gasteiger partial charge in [-0.25, -0.2) is 4.39 Å². The molecule has 1 rings (SSSR count). The van der Waals surface area contributed by atoms with E-state index in [2.05, 4.69) is 0 Å². The Kier molecular flexibility index (Phi) is 7.31. The fourth-order valence-electron chi connectivity index (χ4n) is 1.50. The molecule has 0 amide bonds. The van der Waals surface area contributed by atoms with E-state index in [1.807, 2.05) is 0 Å². The van der Waals surface area contributed by atoms with Crippen LogP contribution >= 0.6 is 12.4 Å². The highest BCUT2D eigenvalue weighted by molar-refractivity contribution is 5.85. The Hall–Kier alpha value is -1.33. The van der Waals surface area contributed by atoms with Gasteiger partial charge in [-0.05, 0) is 25.1 Å². The molecule has 1 aromatic carbocycles. The van der Waals surface area contributed by atoms with Crippen LogP contribution in [0.1, 0.15) is 24.9 Å². The maximum absolute atomic E-state index is 13.1. The van der Waals surface area contributed by atoms with Crippen LogP contribution in [-0.4, -0.2) is 19.7 Å². The zero-order chi connectivity index (χ0) is 12.8. The second-order valence-corrected chi connectivity index (χ2v) is 3.50. The van der Waals surface area contributed by atoms with E-state index in [0.29, 0.717) is 17.9 Å². The summed E-state index contributed by atoms with van der Waals surface area (Å²) < 4.78 is 23.0. The first kappa shape index (κ1) is 16.7. The van der Waals surface area contributed by atoms with Crippen molar-refractivity contribution < 1.29 is 18.7 Å². The van der Waals surface area contributed by atoms with Gasteiger partial charge in [-0.3, -0.25) is 4.79 Å². The van der Waals surface area contributed by atoms with Crippen molar-refractivity contribution >= 4 is 18.4 Å². The number of hydrogen-bond acceptors (Lipinski definition) is 4. The monoisotopic (exact) mass is 277 g/mol. The molecule has 2 N–H and O–H groups in total. The number of ether oxygens (including phenoxy) is 2. The van der Waals surface area contributed by atoms with E-state index in [0.717, 1.165) is 0 Å². The minimum absolute atomic E-state index is 0. The Labute approximate surface area is 112 Å². The van der Waals surface area contributed by atoms with Crippen molar-refractivity contribution in [3.63, 3.8) is 0 Å². The molecule has 0 spiro atoms. The average molecular weight is 278 g/mol. The van der Waals surface area contributed by atoms with Gasteiger partial charge in [0.2, 0.25) is 0 Å². The summed E-state index contributed by atoms with van der Waals surface area (Å²) in [6, 6.07) is 3.39. The van der Waals surface area contributed by atoms with Crippen molar-refractivity contribution in [3.8, 4) is 5.75 Å². The lowest BCUT2D eigenvalue weighted by Crippen LogP contribution is -2.18. The third kappa shape index (κ3) is 4.50. The van der Waals surface area contributed by atoms with Crippen LogP contribution in [0.5, 0.6) is 5.75 Å². The van der Waals surface area contributed by atoms with Gasteiger partial charge >= 0.3 is 5.97 Å². The van der Waals surface area contributed by atoms with Crippen molar-refractivity contribution in [2.75, 3.05) is 13.7 Å². The quantitative estimate of drug-likeness (QED) is 0.838. The van der Waals surface area contributed by atoms with Crippen LogP contribution in [0.3, 0.4) is 0 Å². The average Bonchev–Trinajstić information content (AvgIpc) is 2.29. The molecule has 0 saturated heterocycles. The van der Waals surface area contributed by atoms with E-state index in [9.17, 15) is 9.18 Å². The molecular weight excluding hydrogens is 261 g/mol. The Balaban J connectivity index is 0.00000289. The van der Waals surface area contributed by atoms with Gasteiger partial charge in [-0.2, -0.15) is 0 Å². The third-order valence-corrected chi connectivity index (χ3v) is 2.28. The van der Waals surface area contributed by atoms with E-state index >= 15 is 0 Å². The predicted molar refractivity (Wildman–Crippen MR) is 68.4 cm³/mol. The van der Waals surface area contributed by atoms with Gasteiger partial charge in [0.25, 0.3) is 0 Å². The number of carbonyl (C=O) groups excluding carboxylic acids is 1. The standard InChI is InChI=1S/C12H16FNO3.ClH/c1-3-17-12(15)7-10(14)9-6-8(13)4-5-11(9)16-2;/h4-6,10H,3,7,14H2,1-2H3;1H/t10-;/m1./s1. The Morgan fingerprint density at radius 2 is 2.17 bits per heavy atom. The molecular formula is C12H17ClFNO3. The zero-order valence-electron chi connectivity index (χ0n) is 10.3. The summed E-state index contributed by atoms with van der Waals surface area (Å²) in [5.74, 6) is -0.366. The maximum atomic E-state index is 13.1. The van der Waals surface area contributed by atoms with E-state index in [4.69, 9.17) is 15.2 Å². The summed E-state index contributed by atoms with van der Waals surface area (Å²) in [7, 11) is 1.47. The number of nitrogens with two attached hydrogens (primary N) is 1. The van der Waals surface area contributed by atoms with E-state index in [1.54, 1.807) is 6.92 Å². The summed E-state index contributed by atoms with van der Waals surface area (Å²) in [6.45, 7) is 2.01. The molecule has 0 aliphatic heterocycles. The van der Waals surface area contributed by atoms with Gasteiger partial charge in [0.15, 0.2) is 0 Å². The second kappa shape index (κ2) is 7.89. The highest BCUT2D eigenvalue weighted by atomic mass is 35.5. The van der Waals surface area contributed by atoms with E-state index in [1.165, 1.54) is 25.3 Å². The Bertz CT molecular complexity index is 401. The summed E-state index contributed by atoms with van der Waals surface area (Å²) in [6.07, 6.45) is -0.00630. The Morgan fingerprint density at radius 1 is 1.50 bits per heavy atom. The number of esters is 1. The number of rotatable bonds is 5. The molecule has 0 aliphatic carbocycles. The van der Waals surface area contributed by atoms with Crippen LogP contribution in [0.4, 0.5) is 4.39 Å². The normalized spacial score (nSPS) is 11.3. The summed E-state index contributed by atoms with van der Waals surface area (Å²) in [4.78, 5) is 11.3. The predicted octanol–water partition coefficient (Wildman–Crippen LogP) is 2.21. The smallest absolute Gasteiger partial charge is 0.307 e. The van der Waals surface area contributed by atoms with Gasteiger partial charge in [0.1, 0.15) is 11.6 Å². The highest BCUT2D eigenvalue weighted by Crippen LogP contribution is 2.26. The molecule has 102 valence electrons. The molecule has 0 bridgehead atoms. The number of halogens is 2. The van der Waals surface area contributed by atoms with E-state index in [-0.39, 0.29) is 18.8 Å². The molecule has 1 aromatic rings. The van der Waals surface area contributed by atoms with Gasteiger partial charge in [-0.15, -0.1) is 12.4 Å². The molecule has 1 atom stereocenters. The molecule has 0 aromatic heterocycles. The van der Waals surface area contributed by atoms with Gasteiger partial charge in [0, 0.05) is 11.6 Å². The fraction of sp³-hybridized carbons (Fsp3) is 0.417. The van der Waals surface area contributed by atoms with Crippen LogP contribution in [-0.2, 0) is 9.53 Å². The molecule has 0 radical (unpaired) electrons. The number of hydrogen-bond donors (Lipinski definition) is 1. The lowest BCUT2D eigenvalue weighted by molar-refractivity contribution is -0.143. The lowest BCUT2D eigenvalue weighted by atomic mass is 10.0. The Morgan fingerprint density at radius 3 is 2.72 bits per heavy atom. The summed E-state index contributed by atoms with van der Waals surface area (Å²) in [5, 5.41) is 0. The largest absolute Gasteiger partial charge is 0.496 e. The molecule has 18 heavy (non-hydrogen) atoms. The minimum atomic E-state index is -0.639.